The summed E-state index contributed by atoms with van der Waals surface area (Å²) >= 11 is 8.98. The Balaban J connectivity index is 1.29. The lowest BCUT2D eigenvalue weighted by Crippen LogP contribution is -2.17. The Morgan fingerprint density at radius 2 is 1.79 bits per heavy atom. The number of aryl methyl sites for hydroxylation is 5. The van der Waals surface area contributed by atoms with Crippen LogP contribution in [0.3, 0.4) is 0 Å². The van der Waals surface area contributed by atoms with E-state index in [2.05, 4.69) is 31.2 Å². The van der Waals surface area contributed by atoms with Crippen molar-refractivity contribution in [3.8, 4) is 16.9 Å². The predicted molar refractivity (Wildman–Crippen MR) is 213 cm³/mol. The molecule has 7 rings (SSSR count). The molecule has 0 saturated carbocycles. The van der Waals surface area contributed by atoms with Gasteiger partial charge in [0.25, 0.3) is 0 Å². The first kappa shape index (κ1) is 37.2. The Bertz CT molecular complexity index is 2210. The van der Waals surface area contributed by atoms with E-state index in [0.717, 1.165) is 129 Å². The van der Waals surface area contributed by atoms with Crippen LogP contribution in [0, 0.1) is 25.6 Å². The van der Waals surface area contributed by atoms with Gasteiger partial charge in [0.15, 0.2) is 0 Å². The highest BCUT2D eigenvalue weighted by molar-refractivity contribution is 7.98. The van der Waals surface area contributed by atoms with Crippen molar-refractivity contribution < 1.29 is 18.7 Å². The third-order valence-electron chi connectivity index (χ3n) is 11.0. The number of hydrogen-bond acceptors (Lipinski definition) is 6. The molecule has 1 aliphatic heterocycles. The topological polar surface area (TPSA) is 71.2 Å². The normalized spacial score (nSPS) is 17.5. The number of esters is 1. The first-order chi connectivity index (χ1) is 25.6. The van der Waals surface area contributed by atoms with E-state index in [1.165, 1.54) is 18.9 Å². The molecule has 3 aromatic carbocycles. The number of carbonyl (C=O) groups excluding carboxylic acids is 1. The smallest absolute Gasteiger partial charge is 0.334 e. The van der Waals surface area contributed by atoms with Crippen molar-refractivity contribution in [2.24, 2.45) is 20.0 Å². The van der Waals surface area contributed by atoms with E-state index < -0.39 is 0 Å². The van der Waals surface area contributed by atoms with Gasteiger partial charge >= 0.3 is 5.97 Å². The molecule has 278 valence electrons. The van der Waals surface area contributed by atoms with Gasteiger partial charge in [-0.05, 0) is 141 Å². The number of hydrogen-bond donors (Lipinski definition) is 0. The molecule has 5 aromatic rings. The molecular formula is C43H48ClFN4O3S. The van der Waals surface area contributed by atoms with Gasteiger partial charge in [0, 0.05) is 58.3 Å². The van der Waals surface area contributed by atoms with Gasteiger partial charge < -0.3 is 9.47 Å². The number of rotatable bonds is 2. The van der Waals surface area contributed by atoms with Crippen LogP contribution in [-0.2, 0) is 48.6 Å². The van der Waals surface area contributed by atoms with Crippen LogP contribution in [0.5, 0.6) is 5.75 Å². The summed E-state index contributed by atoms with van der Waals surface area (Å²) < 4.78 is 30.5. The number of halogens is 2. The minimum Gasteiger partial charge on any atom is -0.493 e. The fourth-order valence-corrected chi connectivity index (χ4v) is 9.53. The van der Waals surface area contributed by atoms with Gasteiger partial charge in [-0.1, -0.05) is 30.2 Å². The summed E-state index contributed by atoms with van der Waals surface area (Å²) in [7, 11) is 5.46. The number of thioether (sulfide) groups is 1. The maximum Gasteiger partial charge on any atom is 0.334 e. The molecule has 53 heavy (non-hydrogen) atoms. The van der Waals surface area contributed by atoms with Crippen LogP contribution in [0.15, 0.2) is 54.1 Å². The van der Waals surface area contributed by atoms with Gasteiger partial charge in [0.05, 0.1) is 25.1 Å². The highest BCUT2D eigenvalue weighted by Crippen LogP contribution is 2.46. The van der Waals surface area contributed by atoms with Crippen LogP contribution in [0.2, 0.25) is 5.02 Å². The van der Waals surface area contributed by atoms with Crippen molar-refractivity contribution in [2.45, 2.75) is 77.4 Å². The van der Waals surface area contributed by atoms with Gasteiger partial charge in [-0.15, -0.1) is 0 Å². The summed E-state index contributed by atoms with van der Waals surface area (Å²) in [5.41, 5.74) is 11.4. The Hall–Kier alpha value is -4.08. The molecule has 0 fully saturated rings. The zero-order valence-corrected chi connectivity index (χ0v) is 32.9. The van der Waals surface area contributed by atoms with E-state index in [4.69, 9.17) is 31.3 Å². The number of nitrogens with zero attached hydrogens (tertiary/aromatic N) is 4. The molecule has 10 heteroatoms. The van der Waals surface area contributed by atoms with E-state index in [1.54, 1.807) is 12.1 Å². The predicted octanol–water partition coefficient (Wildman–Crippen LogP) is 9.93. The summed E-state index contributed by atoms with van der Waals surface area (Å²) in [6.07, 6.45) is 7.48. The summed E-state index contributed by atoms with van der Waals surface area (Å²) in [5.74, 6) is 2.13. The average molecular weight is 755 g/mol. The number of fused-ring (bicyclic) bond motifs is 9. The highest BCUT2D eigenvalue weighted by Gasteiger charge is 2.32. The monoisotopic (exact) mass is 754 g/mol. The molecule has 7 nitrogen and oxygen atoms in total. The number of benzene rings is 3. The van der Waals surface area contributed by atoms with Crippen molar-refractivity contribution in [1.82, 2.24) is 19.6 Å². The van der Waals surface area contributed by atoms with Gasteiger partial charge in [-0.2, -0.15) is 22.0 Å². The Labute approximate surface area is 320 Å². The first-order valence-corrected chi connectivity index (χ1v) is 20.2. The quantitative estimate of drug-likeness (QED) is 0.167. The Morgan fingerprint density at radius 1 is 0.943 bits per heavy atom. The van der Waals surface area contributed by atoms with Crippen LogP contribution in [0.4, 0.5) is 4.39 Å². The van der Waals surface area contributed by atoms with Gasteiger partial charge in [0.2, 0.25) is 0 Å². The third kappa shape index (κ3) is 7.79. The maximum atomic E-state index is 14.5. The van der Waals surface area contributed by atoms with E-state index >= 15 is 0 Å². The SMILES string of the molecule is COC(=O)C1=C2CCCOc3cc(cc4cc(F)ccc34)CCc3cc(nn3C)CSCCCCC1CCc1c2ccc(Cl)c1-c1c(C)nn(C)c1C. The van der Waals surface area contributed by atoms with Crippen LogP contribution in [-0.4, -0.2) is 45.0 Å². The minimum atomic E-state index is -0.272. The van der Waals surface area contributed by atoms with Crippen LogP contribution in [0.1, 0.15) is 78.0 Å². The Morgan fingerprint density at radius 3 is 2.58 bits per heavy atom. The summed E-state index contributed by atoms with van der Waals surface area (Å²) in [6, 6.07) is 15.3. The van der Waals surface area contributed by atoms with Crippen LogP contribution in [0.25, 0.3) is 27.5 Å². The molecule has 0 saturated heterocycles. The van der Waals surface area contributed by atoms with Crippen molar-refractivity contribution in [3.05, 3.63) is 104 Å². The fraction of sp³-hybridized carbons (Fsp3) is 0.419. The van der Waals surface area contributed by atoms with E-state index in [0.29, 0.717) is 24.5 Å². The van der Waals surface area contributed by atoms with Crippen molar-refractivity contribution in [1.29, 1.82) is 0 Å². The molecule has 6 bridgehead atoms. The lowest BCUT2D eigenvalue weighted by atomic mass is 9.85. The standard InChI is InChI=1S/C43H48ClFN4O3S/c1-26-40(27(2)48(3)46-26)42-37-15-12-29-9-6-7-20-53-25-32-24-33(49(4)47-32)14-11-28-21-30-23-31(45)13-16-34(30)39(22-28)52-19-8-10-36(41(29)43(50)51-5)35(37)17-18-38(42)44/h13,16-18,21-24,29H,6-12,14-15,19-20,25H2,1-5H3. The maximum absolute atomic E-state index is 14.5. The molecule has 1 aliphatic carbocycles. The number of methoxy groups -OCH3 is 1. The number of aromatic nitrogens is 4. The van der Waals surface area contributed by atoms with E-state index in [9.17, 15) is 9.18 Å². The number of ether oxygens (including phenoxy) is 2. The van der Waals surface area contributed by atoms with Gasteiger partial charge in [-0.3, -0.25) is 9.36 Å². The highest BCUT2D eigenvalue weighted by atomic mass is 35.5. The minimum absolute atomic E-state index is 0.0430. The molecule has 2 aromatic heterocycles. The van der Waals surface area contributed by atoms with Crippen molar-refractivity contribution >= 4 is 45.7 Å². The zero-order valence-electron chi connectivity index (χ0n) is 31.4. The molecular weight excluding hydrogens is 707 g/mol. The number of carbonyl (C=O) groups is 1. The molecule has 3 heterocycles. The zero-order chi connectivity index (χ0) is 37.2. The Kier molecular flexibility index (Phi) is 11.3. The van der Waals surface area contributed by atoms with Crippen molar-refractivity contribution in [3.63, 3.8) is 0 Å². The van der Waals surface area contributed by atoms with Crippen LogP contribution >= 0.6 is 23.4 Å². The molecule has 1 unspecified atom stereocenters. The van der Waals surface area contributed by atoms with Crippen molar-refractivity contribution in [2.75, 3.05) is 19.5 Å². The second-order valence-electron chi connectivity index (χ2n) is 14.4. The molecule has 0 radical (unpaired) electrons. The summed E-state index contributed by atoms with van der Waals surface area (Å²) in [6.45, 7) is 4.54. The average Bonchev–Trinajstić information content (AvgIpc) is 3.56. The summed E-state index contributed by atoms with van der Waals surface area (Å²) in [4.78, 5) is 13.9. The van der Waals surface area contributed by atoms with E-state index in [1.807, 2.05) is 48.2 Å². The lowest BCUT2D eigenvalue weighted by molar-refractivity contribution is -0.136. The van der Waals surface area contributed by atoms with Crippen LogP contribution < -0.4 is 4.74 Å². The second-order valence-corrected chi connectivity index (χ2v) is 16.0. The second kappa shape index (κ2) is 16.1. The molecule has 2 aliphatic rings. The molecule has 0 N–H and O–H groups in total. The largest absolute Gasteiger partial charge is 0.493 e. The molecule has 0 amide bonds. The molecule has 1 atom stereocenters. The van der Waals surface area contributed by atoms with Gasteiger partial charge in [-0.25, -0.2) is 9.18 Å². The van der Waals surface area contributed by atoms with E-state index in [-0.39, 0.29) is 17.7 Å². The lowest BCUT2D eigenvalue weighted by Gasteiger charge is -2.21. The fourth-order valence-electron chi connectivity index (χ4n) is 8.36. The third-order valence-corrected chi connectivity index (χ3v) is 12.4. The first-order valence-electron chi connectivity index (χ1n) is 18.7. The number of allylic oxidation sites excluding steroid dienone is 1. The summed E-state index contributed by atoms with van der Waals surface area (Å²) in [5, 5.41) is 11.9. The molecule has 0 spiro atoms. The van der Waals surface area contributed by atoms with Gasteiger partial charge in [0.1, 0.15) is 11.6 Å².